The summed E-state index contributed by atoms with van der Waals surface area (Å²) in [6.45, 7) is 5.16. The minimum Gasteiger partial charge on any atom is -0.406 e. The number of rotatable bonds is 7. The molecule has 0 saturated carbocycles. The lowest BCUT2D eigenvalue weighted by Gasteiger charge is -2.17. The van der Waals surface area contributed by atoms with Crippen molar-refractivity contribution in [3.63, 3.8) is 0 Å². The second-order valence-electron chi connectivity index (χ2n) is 6.80. The van der Waals surface area contributed by atoms with Gasteiger partial charge < -0.3 is 10.1 Å². The number of amides is 1. The molecule has 2 aromatic rings. The van der Waals surface area contributed by atoms with Crippen molar-refractivity contribution >= 4 is 23.3 Å². The zero-order chi connectivity index (χ0) is 21.8. The highest BCUT2D eigenvalue weighted by atomic mass is 35.5. The molecule has 2 rings (SSSR count). The molecule has 1 atom stereocenters. The predicted molar refractivity (Wildman–Crippen MR) is 102 cm³/mol. The fourth-order valence-corrected chi connectivity index (χ4v) is 2.72. The first-order chi connectivity index (χ1) is 13.4. The zero-order valence-corrected chi connectivity index (χ0v) is 16.8. The number of hydrogen-bond donors (Lipinski definition) is 1. The summed E-state index contributed by atoms with van der Waals surface area (Å²) in [5.74, 6) is -1.08. The van der Waals surface area contributed by atoms with Crippen molar-refractivity contribution in [1.29, 1.82) is 0 Å². The Morgan fingerprint density at radius 1 is 1.17 bits per heavy atom. The van der Waals surface area contributed by atoms with E-state index in [4.69, 9.17) is 11.6 Å². The third kappa shape index (κ3) is 7.05. The Bertz CT molecular complexity index is 901. The van der Waals surface area contributed by atoms with Crippen molar-refractivity contribution in [3.05, 3.63) is 58.4 Å². The van der Waals surface area contributed by atoms with Gasteiger partial charge in [0.15, 0.2) is 0 Å². The summed E-state index contributed by atoms with van der Waals surface area (Å²) in [7, 11) is 0. The summed E-state index contributed by atoms with van der Waals surface area (Å²) in [4.78, 5) is 28.5. The number of alkyl halides is 3. The van der Waals surface area contributed by atoms with E-state index in [1.54, 1.807) is 20.8 Å². The van der Waals surface area contributed by atoms with Gasteiger partial charge in [-0.3, -0.25) is 14.6 Å². The van der Waals surface area contributed by atoms with Crippen molar-refractivity contribution in [2.24, 2.45) is 5.92 Å². The van der Waals surface area contributed by atoms with Crippen LogP contribution in [0, 0.1) is 5.92 Å². The Morgan fingerprint density at radius 3 is 2.48 bits per heavy atom. The third-order valence-corrected chi connectivity index (χ3v) is 4.27. The number of nitrogens with one attached hydrogen (secondary N) is 1. The van der Waals surface area contributed by atoms with Gasteiger partial charge in [0, 0.05) is 34.8 Å². The standard InChI is InChI=1S/C20H20ClF3N2O3/c1-11(2)18(27)10-16-7-13(4-5-25-16)19(28)26-12(3)14-6-15(21)9-17(8-14)29-20(22,23)24/h4-9,11-12H,10H2,1-3H3,(H,26,28). The number of ether oxygens (including phenoxy) is 1. The van der Waals surface area contributed by atoms with Gasteiger partial charge in [-0.2, -0.15) is 0 Å². The maximum Gasteiger partial charge on any atom is 0.573 e. The maximum atomic E-state index is 12.5. The van der Waals surface area contributed by atoms with E-state index in [0.29, 0.717) is 11.3 Å². The molecular weight excluding hydrogens is 409 g/mol. The maximum absolute atomic E-state index is 12.5. The highest BCUT2D eigenvalue weighted by Gasteiger charge is 2.31. The minimum atomic E-state index is -4.85. The van der Waals surface area contributed by atoms with Crippen LogP contribution in [0.1, 0.15) is 48.4 Å². The van der Waals surface area contributed by atoms with Crippen molar-refractivity contribution in [1.82, 2.24) is 10.3 Å². The molecule has 1 unspecified atom stereocenters. The minimum absolute atomic E-state index is 0.000419. The first-order valence-corrected chi connectivity index (χ1v) is 9.17. The van der Waals surface area contributed by atoms with Crippen LogP contribution < -0.4 is 10.1 Å². The van der Waals surface area contributed by atoms with E-state index in [2.05, 4.69) is 15.0 Å². The van der Waals surface area contributed by atoms with E-state index in [9.17, 15) is 22.8 Å². The number of halogens is 4. The monoisotopic (exact) mass is 428 g/mol. The van der Waals surface area contributed by atoms with Gasteiger partial charge in [0.25, 0.3) is 5.91 Å². The number of pyridine rings is 1. The largest absolute Gasteiger partial charge is 0.573 e. The smallest absolute Gasteiger partial charge is 0.406 e. The Morgan fingerprint density at radius 2 is 1.86 bits per heavy atom. The molecule has 1 aromatic heterocycles. The molecule has 0 aliphatic heterocycles. The van der Waals surface area contributed by atoms with E-state index in [1.807, 2.05) is 0 Å². The number of carbonyl (C=O) groups excluding carboxylic acids is 2. The summed E-state index contributed by atoms with van der Waals surface area (Å²) in [6.07, 6.45) is -3.31. The zero-order valence-electron chi connectivity index (χ0n) is 16.0. The second kappa shape index (κ2) is 9.26. The Hall–Kier alpha value is -2.61. The molecule has 1 amide bonds. The molecule has 1 N–H and O–H groups in total. The number of nitrogens with zero attached hydrogens (tertiary/aromatic N) is 1. The van der Waals surface area contributed by atoms with E-state index >= 15 is 0 Å². The molecule has 0 saturated heterocycles. The molecule has 1 heterocycles. The van der Waals surface area contributed by atoms with Crippen molar-refractivity contribution in [3.8, 4) is 5.75 Å². The highest BCUT2D eigenvalue weighted by molar-refractivity contribution is 6.30. The topological polar surface area (TPSA) is 68.3 Å². The summed E-state index contributed by atoms with van der Waals surface area (Å²) < 4.78 is 41.2. The van der Waals surface area contributed by atoms with Crippen LogP contribution in [0.15, 0.2) is 36.5 Å². The van der Waals surface area contributed by atoms with Crippen LogP contribution in [0.25, 0.3) is 0 Å². The molecule has 0 bridgehead atoms. The van der Waals surface area contributed by atoms with Gasteiger partial charge >= 0.3 is 6.36 Å². The summed E-state index contributed by atoms with van der Waals surface area (Å²) >= 11 is 5.87. The first-order valence-electron chi connectivity index (χ1n) is 8.79. The predicted octanol–water partition coefficient (Wildman–Crippen LogP) is 4.89. The quantitative estimate of drug-likeness (QED) is 0.681. The molecular formula is C20H20ClF3N2O3. The van der Waals surface area contributed by atoms with E-state index in [1.165, 1.54) is 24.4 Å². The molecule has 29 heavy (non-hydrogen) atoms. The normalized spacial score (nSPS) is 12.6. The number of aromatic nitrogens is 1. The van der Waals surface area contributed by atoms with Crippen molar-refractivity contribution < 1.29 is 27.5 Å². The number of carbonyl (C=O) groups is 2. The van der Waals surface area contributed by atoms with Gasteiger partial charge in [-0.1, -0.05) is 25.4 Å². The van der Waals surface area contributed by atoms with Crippen LogP contribution in [0.2, 0.25) is 5.02 Å². The second-order valence-corrected chi connectivity index (χ2v) is 7.23. The van der Waals surface area contributed by atoms with Crippen LogP contribution in [-0.2, 0) is 11.2 Å². The number of Topliss-reactive ketones (excluding diaryl/α,β-unsaturated/α-hetero) is 1. The molecule has 0 spiro atoms. The number of hydrogen-bond acceptors (Lipinski definition) is 4. The Balaban J connectivity index is 2.14. The van der Waals surface area contributed by atoms with Crippen LogP contribution in [-0.4, -0.2) is 23.0 Å². The lowest BCUT2D eigenvalue weighted by atomic mass is 10.0. The average molecular weight is 429 g/mol. The van der Waals surface area contributed by atoms with E-state index in [0.717, 1.165) is 12.1 Å². The molecule has 9 heteroatoms. The van der Waals surface area contributed by atoms with Gasteiger partial charge in [-0.05, 0) is 42.8 Å². The van der Waals surface area contributed by atoms with E-state index < -0.39 is 24.1 Å². The van der Waals surface area contributed by atoms with Crippen LogP contribution >= 0.6 is 11.6 Å². The Labute approximate surface area is 171 Å². The number of ketones is 1. The third-order valence-electron chi connectivity index (χ3n) is 4.05. The van der Waals surface area contributed by atoms with Crippen molar-refractivity contribution in [2.45, 2.75) is 39.6 Å². The first kappa shape index (κ1) is 22.7. The molecule has 0 fully saturated rings. The molecule has 0 aliphatic rings. The molecule has 0 radical (unpaired) electrons. The fourth-order valence-electron chi connectivity index (χ4n) is 2.49. The summed E-state index contributed by atoms with van der Waals surface area (Å²) in [5, 5.41) is 2.73. The Kier molecular flexibility index (Phi) is 7.24. The molecule has 5 nitrogen and oxygen atoms in total. The SMILES string of the molecule is CC(C)C(=O)Cc1cc(C(=O)NC(C)c2cc(Cl)cc(OC(F)(F)F)c2)ccn1. The summed E-state index contributed by atoms with van der Waals surface area (Å²) in [5.41, 5.74) is 1.09. The molecule has 156 valence electrons. The van der Waals surface area contributed by atoms with Gasteiger partial charge in [0.2, 0.25) is 0 Å². The van der Waals surface area contributed by atoms with Gasteiger partial charge in [-0.25, -0.2) is 0 Å². The fraction of sp³-hybridized carbons (Fsp3) is 0.350. The van der Waals surface area contributed by atoms with Gasteiger partial charge in [0.05, 0.1) is 6.04 Å². The van der Waals surface area contributed by atoms with Crippen LogP contribution in [0.4, 0.5) is 13.2 Å². The lowest BCUT2D eigenvalue weighted by Crippen LogP contribution is -2.27. The highest BCUT2D eigenvalue weighted by Crippen LogP contribution is 2.29. The molecule has 1 aromatic carbocycles. The van der Waals surface area contributed by atoms with Gasteiger partial charge in [-0.15, -0.1) is 13.2 Å². The van der Waals surface area contributed by atoms with Crippen LogP contribution in [0.3, 0.4) is 0 Å². The average Bonchev–Trinajstić information content (AvgIpc) is 2.59. The molecule has 0 aliphatic carbocycles. The van der Waals surface area contributed by atoms with E-state index in [-0.39, 0.29) is 28.7 Å². The number of benzene rings is 1. The van der Waals surface area contributed by atoms with Crippen molar-refractivity contribution in [2.75, 3.05) is 0 Å². The lowest BCUT2D eigenvalue weighted by molar-refractivity contribution is -0.274. The van der Waals surface area contributed by atoms with Gasteiger partial charge in [0.1, 0.15) is 11.5 Å². The summed E-state index contributed by atoms with van der Waals surface area (Å²) in [6, 6.07) is 5.98. The van der Waals surface area contributed by atoms with Crippen LogP contribution in [0.5, 0.6) is 5.75 Å².